The quantitative estimate of drug-likeness (QED) is 0.702. The van der Waals surface area contributed by atoms with Gasteiger partial charge in [0.2, 0.25) is 5.91 Å². The molecule has 2 aliphatic heterocycles. The minimum atomic E-state index is -0.400. The smallest absolute Gasteiger partial charge is 0.248 e. The molecule has 1 spiro atoms. The first-order valence-electron chi connectivity index (χ1n) is 5.89. The average molecular weight is 229 g/mol. The summed E-state index contributed by atoms with van der Waals surface area (Å²) in [5.41, 5.74) is 0. The largest absolute Gasteiger partial charge is 0.372 e. The zero-order valence-electron chi connectivity index (χ0n) is 9.74. The van der Waals surface area contributed by atoms with E-state index in [9.17, 15) is 4.79 Å². The van der Waals surface area contributed by atoms with Crippen LogP contribution in [0.3, 0.4) is 0 Å². The molecule has 0 radical (unpaired) electrons. The zero-order chi connectivity index (χ0) is 11.4. The number of hydrogen-bond acceptors (Lipinski definition) is 4. The molecule has 0 aromatic carbocycles. The van der Waals surface area contributed by atoms with E-state index in [-0.39, 0.29) is 12.5 Å². The molecule has 0 aromatic heterocycles. The van der Waals surface area contributed by atoms with Gasteiger partial charge < -0.3 is 19.1 Å². The average Bonchev–Trinajstić information content (AvgIpc) is 2.75. The van der Waals surface area contributed by atoms with Gasteiger partial charge in [-0.1, -0.05) is 0 Å². The number of amides is 1. The fraction of sp³-hybridized carbons (Fsp3) is 0.909. The molecule has 0 aromatic rings. The van der Waals surface area contributed by atoms with Crippen molar-refractivity contribution in [3.05, 3.63) is 0 Å². The van der Waals surface area contributed by atoms with Crippen LogP contribution in [0.2, 0.25) is 0 Å². The lowest BCUT2D eigenvalue weighted by Crippen LogP contribution is -2.48. The Morgan fingerprint density at radius 3 is 2.50 bits per heavy atom. The van der Waals surface area contributed by atoms with E-state index in [2.05, 4.69) is 0 Å². The summed E-state index contributed by atoms with van der Waals surface area (Å²) in [6.07, 6.45) is 1.54. The lowest BCUT2D eigenvalue weighted by Gasteiger charge is -2.37. The Morgan fingerprint density at radius 1 is 1.31 bits per heavy atom. The number of piperidine rings is 1. The van der Waals surface area contributed by atoms with Crippen molar-refractivity contribution in [2.75, 3.05) is 39.5 Å². The fourth-order valence-corrected chi connectivity index (χ4v) is 2.16. The number of carbonyl (C=O) groups is 1. The van der Waals surface area contributed by atoms with Gasteiger partial charge in [-0.25, -0.2) is 0 Å². The third-order valence-electron chi connectivity index (χ3n) is 3.12. The predicted octanol–water partition coefficient (Wildman–Crippen LogP) is 0.388. The normalized spacial score (nSPS) is 23.9. The minimum Gasteiger partial charge on any atom is -0.372 e. The highest BCUT2D eigenvalue weighted by Gasteiger charge is 2.40. The second-order valence-electron chi connectivity index (χ2n) is 4.13. The molecular formula is C11H19NO4. The van der Waals surface area contributed by atoms with E-state index in [1.165, 1.54) is 0 Å². The summed E-state index contributed by atoms with van der Waals surface area (Å²) in [5.74, 6) is -0.336. The molecule has 92 valence electrons. The molecule has 1 amide bonds. The maximum Gasteiger partial charge on any atom is 0.248 e. The van der Waals surface area contributed by atoms with Gasteiger partial charge in [-0.05, 0) is 6.92 Å². The number of likely N-dealkylation sites (tertiary alicyclic amines) is 1. The first kappa shape index (κ1) is 11.8. The number of hydrogen-bond donors (Lipinski definition) is 0. The summed E-state index contributed by atoms with van der Waals surface area (Å²) in [5, 5.41) is 0. The van der Waals surface area contributed by atoms with Crippen LogP contribution >= 0.6 is 0 Å². The van der Waals surface area contributed by atoms with E-state index in [0.29, 0.717) is 32.9 Å². The van der Waals surface area contributed by atoms with Crippen molar-refractivity contribution in [2.45, 2.75) is 25.6 Å². The number of rotatable bonds is 3. The third-order valence-corrected chi connectivity index (χ3v) is 3.12. The van der Waals surface area contributed by atoms with E-state index in [1.807, 2.05) is 11.8 Å². The Morgan fingerprint density at radius 2 is 1.94 bits per heavy atom. The predicted molar refractivity (Wildman–Crippen MR) is 56.9 cm³/mol. The highest BCUT2D eigenvalue weighted by atomic mass is 16.7. The van der Waals surface area contributed by atoms with Crippen LogP contribution in [0.4, 0.5) is 0 Å². The van der Waals surface area contributed by atoms with Crippen molar-refractivity contribution < 1.29 is 19.0 Å². The van der Waals surface area contributed by atoms with Gasteiger partial charge >= 0.3 is 0 Å². The van der Waals surface area contributed by atoms with Crippen molar-refractivity contribution >= 4 is 5.91 Å². The molecular weight excluding hydrogens is 210 g/mol. The molecule has 5 heteroatoms. The zero-order valence-corrected chi connectivity index (χ0v) is 9.74. The molecule has 0 atom stereocenters. The summed E-state index contributed by atoms with van der Waals surface area (Å²) in [7, 11) is 0. The summed E-state index contributed by atoms with van der Waals surface area (Å²) in [4.78, 5) is 13.5. The number of nitrogens with zero attached hydrogens (tertiary/aromatic N) is 1. The molecule has 2 aliphatic rings. The monoisotopic (exact) mass is 229 g/mol. The van der Waals surface area contributed by atoms with E-state index in [4.69, 9.17) is 14.2 Å². The third kappa shape index (κ3) is 2.53. The van der Waals surface area contributed by atoms with E-state index >= 15 is 0 Å². The maximum atomic E-state index is 11.7. The standard InChI is InChI=1S/C11H19NO4/c1-2-14-9-10(13)12-5-3-11(4-6-12)15-7-8-16-11/h2-9H2,1H3. The molecule has 2 saturated heterocycles. The molecule has 0 bridgehead atoms. The van der Waals surface area contributed by atoms with Crippen LogP contribution in [0, 0.1) is 0 Å². The minimum absolute atomic E-state index is 0.0645. The summed E-state index contributed by atoms with van der Waals surface area (Å²) in [6.45, 7) is 5.40. The van der Waals surface area contributed by atoms with Crippen LogP contribution < -0.4 is 0 Å². The summed E-state index contributed by atoms with van der Waals surface area (Å²) in [6, 6.07) is 0. The van der Waals surface area contributed by atoms with E-state index < -0.39 is 5.79 Å². The Bertz CT molecular complexity index is 240. The second-order valence-corrected chi connectivity index (χ2v) is 4.13. The van der Waals surface area contributed by atoms with Gasteiger partial charge in [0.15, 0.2) is 5.79 Å². The summed E-state index contributed by atoms with van der Waals surface area (Å²) < 4.78 is 16.3. The van der Waals surface area contributed by atoms with Crippen LogP contribution in [-0.2, 0) is 19.0 Å². The lowest BCUT2D eigenvalue weighted by atomic mass is 10.0. The molecule has 0 aliphatic carbocycles. The highest BCUT2D eigenvalue weighted by molar-refractivity contribution is 5.77. The first-order valence-corrected chi connectivity index (χ1v) is 5.89. The second kappa shape index (κ2) is 5.12. The molecule has 0 saturated carbocycles. The Labute approximate surface area is 95.6 Å². The van der Waals surface area contributed by atoms with Crippen LogP contribution in [0.1, 0.15) is 19.8 Å². The molecule has 2 heterocycles. The molecule has 0 unspecified atom stereocenters. The Balaban J connectivity index is 1.78. The van der Waals surface area contributed by atoms with Gasteiger partial charge in [-0.2, -0.15) is 0 Å². The molecule has 5 nitrogen and oxygen atoms in total. The van der Waals surface area contributed by atoms with Crippen molar-refractivity contribution in [1.29, 1.82) is 0 Å². The van der Waals surface area contributed by atoms with Gasteiger partial charge in [0, 0.05) is 32.5 Å². The van der Waals surface area contributed by atoms with Crippen molar-refractivity contribution in [3.8, 4) is 0 Å². The van der Waals surface area contributed by atoms with Crippen LogP contribution in [0.5, 0.6) is 0 Å². The van der Waals surface area contributed by atoms with Gasteiger partial charge in [-0.15, -0.1) is 0 Å². The van der Waals surface area contributed by atoms with Gasteiger partial charge in [0.05, 0.1) is 13.2 Å². The molecule has 2 fully saturated rings. The number of ether oxygens (including phenoxy) is 3. The summed E-state index contributed by atoms with van der Waals surface area (Å²) >= 11 is 0. The van der Waals surface area contributed by atoms with Crippen LogP contribution in [0.25, 0.3) is 0 Å². The van der Waals surface area contributed by atoms with Crippen LogP contribution in [-0.4, -0.2) is 56.1 Å². The fourth-order valence-electron chi connectivity index (χ4n) is 2.16. The van der Waals surface area contributed by atoms with Crippen LogP contribution in [0.15, 0.2) is 0 Å². The lowest BCUT2D eigenvalue weighted by molar-refractivity contribution is -0.188. The van der Waals surface area contributed by atoms with Crippen molar-refractivity contribution in [3.63, 3.8) is 0 Å². The maximum absolute atomic E-state index is 11.7. The van der Waals surface area contributed by atoms with E-state index in [1.54, 1.807) is 0 Å². The van der Waals surface area contributed by atoms with Crippen molar-refractivity contribution in [1.82, 2.24) is 4.90 Å². The Hall–Kier alpha value is -0.650. The van der Waals surface area contributed by atoms with Crippen molar-refractivity contribution in [2.24, 2.45) is 0 Å². The number of carbonyl (C=O) groups excluding carboxylic acids is 1. The first-order chi connectivity index (χ1) is 7.76. The topological polar surface area (TPSA) is 48.0 Å². The van der Waals surface area contributed by atoms with E-state index in [0.717, 1.165) is 12.8 Å². The van der Waals surface area contributed by atoms with Gasteiger partial charge in [0.1, 0.15) is 6.61 Å². The van der Waals surface area contributed by atoms with Gasteiger partial charge in [-0.3, -0.25) is 4.79 Å². The highest BCUT2D eigenvalue weighted by Crippen LogP contribution is 2.31. The SMILES string of the molecule is CCOCC(=O)N1CCC2(CC1)OCCO2. The molecule has 0 N–H and O–H groups in total. The Kier molecular flexibility index (Phi) is 3.78. The molecule has 2 rings (SSSR count). The van der Waals surface area contributed by atoms with Gasteiger partial charge in [0.25, 0.3) is 0 Å². The molecule has 16 heavy (non-hydrogen) atoms.